The molecule has 3 aromatic rings. The van der Waals surface area contributed by atoms with E-state index in [0.717, 1.165) is 80.3 Å². The van der Waals surface area contributed by atoms with Crippen molar-refractivity contribution in [3.63, 3.8) is 0 Å². The minimum atomic E-state index is -0.0630. The number of aromatic nitrogens is 3. The fourth-order valence-electron chi connectivity index (χ4n) is 3.82. The molecular formula is C22H29N5O2S. The van der Waals surface area contributed by atoms with Gasteiger partial charge in [0.2, 0.25) is 5.13 Å². The number of morpholine rings is 1. The standard InChI is InChI=1S/C22H29N5O2S/c1-3-7-18-20(16(2)23-10-6-11-26-12-14-29-15-13-26)21(28)27(25-18)22-24-17-8-4-5-9-19(17)30-22/h4-5,8-9,25H,3,6-7,10-15H2,1-2H3. The summed E-state index contributed by atoms with van der Waals surface area (Å²) in [4.78, 5) is 25.0. The van der Waals surface area contributed by atoms with Gasteiger partial charge in [-0.1, -0.05) is 36.8 Å². The fourth-order valence-corrected chi connectivity index (χ4v) is 4.75. The van der Waals surface area contributed by atoms with E-state index < -0.39 is 0 Å². The second-order valence-electron chi connectivity index (χ2n) is 7.59. The Morgan fingerprint density at radius 2 is 2.10 bits per heavy atom. The molecule has 0 saturated carbocycles. The highest BCUT2D eigenvalue weighted by atomic mass is 32.1. The van der Waals surface area contributed by atoms with Crippen LogP contribution in [0.3, 0.4) is 0 Å². The van der Waals surface area contributed by atoms with Crippen LogP contribution in [0.5, 0.6) is 0 Å². The first-order valence-corrected chi connectivity index (χ1v) is 11.5. The Hall–Kier alpha value is -2.29. The number of ether oxygens (including phenoxy) is 1. The van der Waals surface area contributed by atoms with Crippen LogP contribution in [-0.2, 0) is 11.2 Å². The lowest BCUT2D eigenvalue weighted by atomic mass is 10.1. The first-order chi connectivity index (χ1) is 14.7. The van der Waals surface area contributed by atoms with Crippen LogP contribution in [0.25, 0.3) is 15.3 Å². The summed E-state index contributed by atoms with van der Waals surface area (Å²) >= 11 is 1.52. The maximum atomic E-state index is 13.3. The Morgan fingerprint density at radius 1 is 1.30 bits per heavy atom. The van der Waals surface area contributed by atoms with Gasteiger partial charge < -0.3 is 4.74 Å². The average Bonchev–Trinajstić information content (AvgIpc) is 3.33. The maximum Gasteiger partial charge on any atom is 0.282 e. The van der Waals surface area contributed by atoms with Crippen molar-refractivity contribution in [3.05, 3.63) is 45.9 Å². The van der Waals surface area contributed by atoms with Gasteiger partial charge in [-0.2, -0.15) is 4.68 Å². The summed E-state index contributed by atoms with van der Waals surface area (Å²) in [5, 5.41) is 3.97. The number of aryl methyl sites for hydroxylation is 1. The maximum absolute atomic E-state index is 13.3. The van der Waals surface area contributed by atoms with Crippen molar-refractivity contribution in [2.75, 3.05) is 39.4 Å². The highest BCUT2D eigenvalue weighted by Gasteiger charge is 2.19. The Morgan fingerprint density at radius 3 is 2.87 bits per heavy atom. The molecule has 0 amide bonds. The topological polar surface area (TPSA) is 75.5 Å². The van der Waals surface area contributed by atoms with Gasteiger partial charge in [-0.25, -0.2) is 4.98 Å². The molecule has 7 nitrogen and oxygen atoms in total. The minimum absolute atomic E-state index is 0.0630. The van der Waals surface area contributed by atoms with Crippen molar-refractivity contribution >= 4 is 27.3 Å². The van der Waals surface area contributed by atoms with Gasteiger partial charge in [-0.05, 0) is 31.9 Å². The van der Waals surface area contributed by atoms with E-state index in [-0.39, 0.29) is 5.56 Å². The fraction of sp³-hybridized carbons (Fsp3) is 0.500. The van der Waals surface area contributed by atoms with E-state index in [2.05, 4.69) is 21.9 Å². The molecule has 160 valence electrons. The number of benzene rings is 1. The zero-order valence-electron chi connectivity index (χ0n) is 17.7. The van der Waals surface area contributed by atoms with Crippen LogP contribution >= 0.6 is 11.3 Å². The van der Waals surface area contributed by atoms with E-state index in [0.29, 0.717) is 10.7 Å². The van der Waals surface area contributed by atoms with Gasteiger partial charge in [-0.3, -0.25) is 19.8 Å². The van der Waals surface area contributed by atoms with E-state index in [1.54, 1.807) is 4.68 Å². The van der Waals surface area contributed by atoms with Gasteiger partial charge in [0.25, 0.3) is 5.56 Å². The van der Waals surface area contributed by atoms with Gasteiger partial charge in [-0.15, -0.1) is 0 Å². The van der Waals surface area contributed by atoms with E-state index in [1.807, 2.05) is 31.2 Å². The van der Waals surface area contributed by atoms with Crippen molar-refractivity contribution in [2.45, 2.75) is 33.1 Å². The molecule has 2 aromatic heterocycles. The summed E-state index contributed by atoms with van der Waals surface area (Å²) < 4.78 is 8.05. The number of fused-ring (bicyclic) bond motifs is 1. The SMILES string of the molecule is CCCc1[nH]n(-c2nc3ccccc3s2)c(=O)c1C(C)=NCCCN1CCOCC1. The van der Waals surface area contributed by atoms with E-state index >= 15 is 0 Å². The Labute approximate surface area is 180 Å². The molecule has 1 fully saturated rings. The zero-order valence-corrected chi connectivity index (χ0v) is 18.5. The van der Waals surface area contributed by atoms with Crippen LogP contribution in [-0.4, -0.2) is 64.8 Å². The Balaban J connectivity index is 1.54. The summed E-state index contributed by atoms with van der Waals surface area (Å²) in [5.74, 6) is 0. The number of aliphatic imine (C=N–C) groups is 1. The molecule has 30 heavy (non-hydrogen) atoms. The lowest BCUT2D eigenvalue weighted by Gasteiger charge is -2.26. The Kier molecular flexibility index (Phi) is 6.76. The molecule has 1 N–H and O–H groups in total. The van der Waals surface area contributed by atoms with Gasteiger partial charge in [0.05, 0.1) is 29.0 Å². The monoisotopic (exact) mass is 427 g/mol. The molecule has 0 spiro atoms. The number of thiazole rings is 1. The molecule has 3 heterocycles. The van der Waals surface area contributed by atoms with Crippen molar-refractivity contribution in [2.24, 2.45) is 4.99 Å². The summed E-state index contributed by atoms with van der Waals surface area (Å²) in [5.41, 5.74) is 3.29. The quantitative estimate of drug-likeness (QED) is 0.442. The number of nitrogens with zero attached hydrogens (tertiary/aromatic N) is 4. The summed E-state index contributed by atoms with van der Waals surface area (Å²) in [6.07, 6.45) is 2.75. The van der Waals surface area contributed by atoms with Crippen molar-refractivity contribution in [3.8, 4) is 5.13 Å². The van der Waals surface area contributed by atoms with Crippen LogP contribution in [0.15, 0.2) is 34.1 Å². The third-order valence-corrected chi connectivity index (χ3v) is 6.41. The minimum Gasteiger partial charge on any atom is -0.379 e. The summed E-state index contributed by atoms with van der Waals surface area (Å²) in [7, 11) is 0. The normalized spacial score (nSPS) is 15.9. The average molecular weight is 428 g/mol. The number of H-pyrrole nitrogens is 1. The molecule has 1 aliphatic heterocycles. The molecule has 0 atom stereocenters. The Bertz CT molecular complexity index is 1040. The molecule has 0 unspecified atom stereocenters. The van der Waals surface area contributed by atoms with Crippen LogP contribution in [0.2, 0.25) is 0 Å². The second kappa shape index (κ2) is 9.68. The lowest BCUT2D eigenvalue weighted by molar-refractivity contribution is 0.0377. The highest BCUT2D eigenvalue weighted by molar-refractivity contribution is 7.20. The van der Waals surface area contributed by atoms with Gasteiger partial charge in [0, 0.05) is 37.6 Å². The molecule has 0 radical (unpaired) electrons. The first-order valence-electron chi connectivity index (χ1n) is 10.7. The largest absolute Gasteiger partial charge is 0.379 e. The lowest BCUT2D eigenvalue weighted by Crippen LogP contribution is -2.37. The van der Waals surface area contributed by atoms with E-state index in [9.17, 15) is 4.79 Å². The number of hydrogen-bond donors (Lipinski definition) is 1. The van der Waals surface area contributed by atoms with Crippen LogP contribution in [0.1, 0.15) is 37.9 Å². The predicted molar refractivity (Wildman–Crippen MR) is 123 cm³/mol. The molecule has 0 aliphatic carbocycles. The van der Waals surface area contributed by atoms with E-state index in [1.165, 1.54) is 11.3 Å². The predicted octanol–water partition coefficient (Wildman–Crippen LogP) is 3.26. The number of aromatic amines is 1. The van der Waals surface area contributed by atoms with Gasteiger partial charge in [0.1, 0.15) is 0 Å². The number of para-hydroxylation sites is 1. The highest BCUT2D eigenvalue weighted by Crippen LogP contribution is 2.24. The zero-order chi connectivity index (χ0) is 20.9. The van der Waals surface area contributed by atoms with Gasteiger partial charge in [0.15, 0.2) is 0 Å². The second-order valence-corrected chi connectivity index (χ2v) is 8.60. The molecule has 0 bridgehead atoms. The number of rotatable bonds is 8. The summed E-state index contributed by atoms with van der Waals surface area (Å²) in [6, 6.07) is 7.95. The third-order valence-electron chi connectivity index (χ3n) is 5.39. The van der Waals surface area contributed by atoms with E-state index in [4.69, 9.17) is 9.73 Å². The summed E-state index contributed by atoms with van der Waals surface area (Å²) in [6.45, 7) is 9.43. The molecule has 1 saturated heterocycles. The number of nitrogens with one attached hydrogen (secondary N) is 1. The van der Waals surface area contributed by atoms with Crippen LogP contribution in [0, 0.1) is 0 Å². The smallest absolute Gasteiger partial charge is 0.282 e. The van der Waals surface area contributed by atoms with Crippen molar-refractivity contribution in [1.29, 1.82) is 0 Å². The molecule has 8 heteroatoms. The molecule has 4 rings (SSSR count). The van der Waals surface area contributed by atoms with Crippen molar-refractivity contribution in [1.82, 2.24) is 19.7 Å². The molecule has 1 aliphatic rings. The van der Waals surface area contributed by atoms with Gasteiger partial charge >= 0.3 is 0 Å². The first kappa shape index (κ1) is 21.0. The molecular weight excluding hydrogens is 398 g/mol. The third kappa shape index (κ3) is 4.55. The van der Waals surface area contributed by atoms with Crippen LogP contribution in [0.4, 0.5) is 0 Å². The molecule has 1 aromatic carbocycles. The van der Waals surface area contributed by atoms with Crippen molar-refractivity contribution < 1.29 is 4.74 Å². The number of hydrogen-bond acceptors (Lipinski definition) is 6. The van der Waals surface area contributed by atoms with Crippen LogP contribution < -0.4 is 5.56 Å².